The maximum absolute atomic E-state index is 12.4. The molecule has 1 heterocycles. The predicted molar refractivity (Wildman–Crippen MR) is 67.6 cm³/mol. The molecular formula is C12H13F2NO4S. The van der Waals surface area contributed by atoms with Crippen LogP contribution in [0.25, 0.3) is 0 Å². The molecule has 0 saturated carbocycles. The number of sulfone groups is 1. The van der Waals surface area contributed by atoms with Gasteiger partial charge in [-0.15, -0.1) is 0 Å². The average Bonchev–Trinajstić information content (AvgIpc) is 2.88. The Bertz CT molecular complexity index is 600. The van der Waals surface area contributed by atoms with Crippen LogP contribution in [0.2, 0.25) is 0 Å². The zero-order valence-electron chi connectivity index (χ0n) is 10.4. The SMILES string of the molecule is O=C(O)C1CCN(c2ccc(S(=O)(=O)C(F)F)cc2)C1. The van der Waals surface area contributed by atoms with Gasteiger partial charge in [0.15, 0.2) is 0 Å². The number of anilines is 1. The van der Waals surface area contributed by atoms with Crippen molar-refractivity contribution in [2.45, 2.75) is 17.1 Å². The van der Waals surface area contributed by atoms with E-state index in [0.717, 1.165) is 12.1 Å². The predicted octanol–water partition coefficient (Wildman–Crippen LogP) is 1.59. The average molecular weight is 305 g/mol. The molecule has 1 saturated heterocycles. The molecule has 1 atom stereocenters. The normalized spacial score (nSPS) is 19.6. The Hall–Kier alpha value is -1.70. The molecule has 110 valence electrons. The summed E-state index contributed by atoms with van der Waals surface area (Å²) in [6.45, 7) is 0.869. The Kier molecular flexibility index (Phi) is 3.94. The van der Waals surface area contributed by atoms with Crippen LogP contribution >= 0.6 is 0 Å². The van der Waals surface area contributed by atoms with Crippen molar-refractivity contribution >= 4 is 21.5 Å². The number of nitrogens with zero attached hydrogens (tertiary/aromatic N) is 1. The van der Waals surface area contributed by atoms with E-state index in [1.54, 1.807) is 4.90 Å². The van der Waals surface area contributed by atoms with Crippen LogP contribution in [0.5, 0.6) is 0 Å². The lowest BCUT2D eigenvalue weighted by atomic mass is 10.1. The Morgan fingerprint density at radius 1 is 1.30 bits per heavy atom. The van der Waals surface area contributed by atoms with Gasteiger partial charge in [-0.1, -0.05) is 0 Å². The van der Waals surface area contributed by atoms with E-state index in [4.69, 9.17) is 5.11 Å². The number of hydrogen-bond donors (Lipinski definition) is 1. The molecule has 1 aliphatic rings. The molecule has 1 unspecified atom stereocenters. The zero-order chi connectivity index (χ0) is 14.9. The maximum Gasteiger partial charge on any atom is 0.341 e. The van der Waals surface area contributed by atoms with E-state index in [1.165, 1.54) is 12.1 Å². The minimum atomic E-state index is -4.59. The highest BCUT2D eigenvalue weighted by Gasteiger charge is 2.29. The summed E-state index contributed by atoms with van der Waals surface area (Å²) < 4.78 is 47.3. The number of carboxylic acid groups (broad SMARTS) is 1. The molecule has 0 bridgehead atoms. The third-order valence-corrected chi connectivity index (χ3v) is 4.70. The summed E-state index contributed by atoms with van der Waals surface area (Å²) in [7, 11) is -4.59. The molecule has 1 fully saturated rings. The first-order valence-corrected chi connectivity index (χ1v) is 7.47. The summed E-state index contributed by atoms with van der Waals surface area (Å²) in [5, 5.41) is 8.90. The molecular weight excluding hydrogens is 292 g/mol. The molecule has 0 radical (unpaired) electrons. The maximum atomic E-state index is 12.4. The van der Waals surface area contributed by atoms with Crippen LogP contribution in [0.4, 0.5) is 14.5 Å². The molecule has 20 heavy (non-hydrogen) atoms. The Morgan fingerprint density at radius 2 is 1.90 bits per heavy atom. The van der Waals surface area contributed by atoms with Crippen LogP contribution < -0.4 is 4.90 Å². The summed E-state index contributed by atoms with van der Waals surface area (Å²) in [5.74, 6) is -4.78. The van der Waals surface area contributed by atoms with Crippen molar-refractivity contribution < 1.29 is 27.1 Å². The van der Waals surface area contributed by atoms with Crippen LogP contribution in [0.3, 0.4) is 0 Å². The Labute approximate surface area is 114 Å². The molecule has 1 N–H and O–H groups in total. The summed E-state index contributed by atoms with van der Waals surface area (Å²) >= 11 is 0. The highest BCUT2D eigenvalue weighted by molar-refractivity contribution is 7.91. The van der Waals surface area contributed by atoms with Gasteiger partial charge in [0.25, 0.3) is 0 Å². The van der Waals surface area contributed by atoms with E-state index in [1.807, 2.05) is 0 Å². The smallest absolute Gasteiger partial charge is 0.341 e. The molecule has 0 amide bonds. The number of aliphatic carboxylic acids is 1. The van der Waals surface area contributed by atoms with E-state index >= 15 is 0 Å². The molecule has 1 aromatic rings. The van der Waals surface area contributed by atoms with Gasteiger partial charge < -0.3 is 10.0 Å². The topological polar surface area (TPSA) is 74.7 Å². The van der Waals surface area contributed by atoms with Crippen molar-refractivity contribution in [2.24, 2.45) is 5.92 Å². The molecule has 8 heteroatoms. The van der Waals surface area contributed by atoms with Crippen LogP contribution in [0.15, 0.2) is 29.2 Å². The van der Waals surface area contributed by atoms with Gasteiger partial charge in [-0.2, -0.15) is 8.78 Å². The monoisotopic (exact) mass is 305 g/mol. The number of benzene rings is 1. The summed E-state index contributed by atoms with van der Waals surface area (Å²) in [5.41, 5.74) is 0.627. The van der Waals surface area contributed by atoms with E-state index in [2.05, 4.69) is 0 Å². The molecule has 0 aromatic heterocycles. The number of carbonyl (C=O) groups is 1. The number of halogens is 2. The summed E-state index contributed by atoms with van der Waals surface area (Å²) in [4.78, 5) is 12.2. The summed E-state index contributed by atoms with van der Waals surface area (Å²) in [6.07, 6.45) is 0.506. The van der Waals surface area contributed by atoms with Crippen molar-refractivity contribution in [2.75, 3.05) is 18.0 Å². The second kappa shape index (κ2) is 5.35. The lowest BCUT2D eigenvalue weighted by molar-refractivity contribution is -0.140. The largest absolute Gasteiger partial charge is 0.481 e. The third kappa shape index (κ3) is 2.74. The number of alkyl halides is 2. The van der Waals surface area contributed by atoms with Gasteiger partial charge in [-0.05, 0) is 30.7 Å². The minimum absolute atomic E-state index is 0.330. The van der Waals surface area contributed by atoms with E-state index < -0.39 is 32.4 Å². The van der Waals surface area contributed by atoms with Crippen LogP contribution in [-0.4, -0.2) is 38.3 Å². The first-order valence-electron chi connectivity index (χ1n) is 5.92. The van der Waals surface area contributed by atoms with Crippen LogP contribution in [0, 0.1) is 5.92 Å². The lowest BCUT2D eigenvalue weighted by Crippen LogP contribution is -2.22. The Morgan fingerprint density at radius 3 is 2.35 bits per heavy atom. The second-order valence-corrected chi connectivity index (χ2v) is 6.49. The highest BCUT2D eigenvalue weighted by Crippen LogP contribution is 2.26. The van der Waals surface area contributed by atoms with E-state index in [-0.39, 0.29) is 0 Å². The van der Waals surface area contributed by atoms with Gasteiger partial charge in [0.05, 0.1) is 10.8 Å². The van der Waals surface area contributed by atoms with Gasteiger partial charge >= 0.3 is 11.7 Å². The number of rotatable bonds is 4. The van der Waals surface area contributed by atoms with E-state index in [0.29, 0.717) is 25.2 Å². The first kappa shape index (κ1) is 14.7. The van der Waals surface area contributed by atoms with Crippen molar-refractivity contribution in [3.05, 3.63) is 24.3 Å². The van der Waals surface area contributed by atoms with Gasteiger partial charge in [0.1, 0.15) is 0 Å². The van der Waals surface area contributed by atoms with Crippen LogP contribution in [0.1, 0.15) is 6.42 Å². The molecule has 0 spiro atoms. The molecule has 1 aromatic carbocycles. The molecule has 2 rings (SSSR count). The van der Waals surface area contributed by atoms with Crippen molar-refractivity contribution in [3.63, 3.8) is 0 Å². The van der Waals surface area contributed by atoms with Gasteiger partial charge in [0, 0.05) is 18.8 Å². The van der Waals surface area contributed by atoms with Crippen molar-refractivity contribution in [1.29, 1.82) is 0 Å². The highest BCUT2D eigenvalue weighted by atomic mass is 32.2. The number of carboxylic acids is 1. The fourth-order valence-electron chi connectivity index (χ4n) is 2.15. The molecule has 5 nitrogen and oxygen atoms in total. The zero-order valence-corrected chi connectivity index (χ0v) is 11.2. The quantitative estimate of drug-likeness (QED) is 0.914. The van der Waals surface area contributed by atoms with Crippen molar-refractivity contribution in [3.8, 4) is 0 Å². The molecule has 0 aliphatic carbocycles. The third-order valence-electron chi connectivity index (χ3n) is 3.30. The Balaban J connectivity index is 2.16. The first-order chi connectivity index (χ1) is 9.32. The van der Waals surface area contributed by atoms with Gasteiger partial charge in [-0.25, -0.2) is 8.42 Å². The summed E-state index contributed by atoms with van der Waals surface area (Å²) in [6, 6.07) is 5.06. The fourth-order valence-corrected chi connectivity index (χ4v) is 2.87. The second-order valence-electron chi connectivity index (χ2n) is 4.57. The standard InChI is InChI=1S/C12H13F2NO4S/c13-12(14)20(18,19)10-3-1-9(2-4-10)15-6-5-8(7-15)11(16)17/h1-4,8,12H,5-7H2,(H,16,17). The van der Waals surface area contributed by atoms with Crippen LogP contribution in [-0.2, 0) is 14.6 Å². The lowest BCUT2D eigenvalue weighted by Gasteiger charge is -2.18. The van der Waals surface area contributed by atoms with Gasteiger partial charge in [-0.3, -0.25) is 4.79 Å². The number of hydrogen-bond acceptors (Lipinski definition) is 4. The fraction of sp³-hybridized carbons (Fsp3) is 0.417. The van der Waals surface area contributed by atoms with E-state index in [9.17, 15) is 22.0 Å². The van der Waals surface area contributed by atoms with Crippen molar-refractivity contribution in [1.82, 2.24) is 0 Å². The minimum Gasteiger partial charge on any atom is -0.481 e. The molecule has 1 aliphatic heterocycles. The van der Waals surface area contributed by atoms with Gasteiger partial charge in [0.2, 0.25) is 9.84 Å².